The molecule has 0 spiro atoms. The molecule has 1 aromatic heterocycles. The van der Waals surface area contributed by atoms with Gasteiger partial charge in [0.05, 0.1) is 11.3 Å². The van der Waals surface area contributed by atoms with E-state index in [1.807, 2.05) is 24.3 Å². The Labute approximate surface area is 134 Å². The van der Waals surface area contributed by atoms with E-state index in [9.17, 15) is 9.59 Å². The molecule has 1 aliphatic heterocycles. The van der Waals surface area contributed by atoms with Crippen LogP contribution in [0, 0.1) is 6.92 Å². The number of hydrogen-bond acceptors (Lipinski definition) is 3. The zero-order valence-electron chi connectivity index (χ0n) is 13.0. The molecule has 0 aliphatic carbocycles. The number of carbonyl (C=O) groups is 2. The van der Waals surface area contributed by atoms with E-state index >= 15 is 0 Å². The van der Waals surface area contributed by atoms with Gasteiger partial charge in [-0.15, -0.1) is 0 Å². The summed E-state index contributed by atoms with van der Waals surface area (Å²) in [6.45, 7) is 2.26. The fourth-order valence-corrected chi connectivity index (χ4v) is 2.95. The molecule has 1 N–H and O–H groups in total. The Morgan fingerprint density at radius 2 is 1.91 bits per heavy atom. The zero-order valence-corrected chi connectivity index (χ0v) is 13.0. The number of aryl methyl sites for hydroxylation is 2. The first-order valence-electron chi connectivity index (χ1n) is 7.68. The summed E-state index contributed by atoms with van der Waals surface area (Å²) in [5.41, 5.74) is 2.85. The summed E-state index contributed by atoms with van der Waals surface area (Å²) in [5, 5.41) is 9.08. The Kier molecular flexibility index (Phi) is 4.10. The fraction of sp³-hybridized carbons (Fsp3) is 0.278. The van der Waals surface area contributed by atoms with Gasteiger partial charge in [-0.05, 0) is 49.9 Å². The molecule has 3 rings (SSSR count). The first kappa shape index (κ1) is 15.2. The summed E-state index contributed by atoms with van der Waals surface area (Å²) in [4.78, 5) is 29.9. The Balaban J connectivity index is 1.97. The van der Waals surface area contributed by atoms with Gasteiger partial charge in [0.25, 0.3) is 5.91 Å². The minimum atomic E-state index is -1.03. The van der Waals surface area contributed by atoms with Crippen molar-refractivity contribution in [2.75, 3.05) is 11.4 Å². The molecule has 0 unspecified atom stereocenters. The number of aromatic nitrogens is 1. The molecular weight excluding hydrogens is 292 g/mol. The third kappa shape index (κ3) is 2.95. The fourth-order valence-electron chi connectivity index (χ4n) is 2.95. The maximum Gasteiger partial charge on any atom is 0.337 e. The number of carbonyl (C=O) groups excluding carboxylic acids is 1. The number of rotatable bonds is 2. The molecule has 1 amide bonds. The molecule has 5 nitrogen and oxygen atoms in total. The lowest BCUT2D eigenvalue weighted by molar-refractivity contribution is 0.0695. The lowest BCUT2D eigenvalue weighted by Crippen LogP contribution is -2.32. The monoisotopic (exact) mass is 310 g/mol. The number of anilines is 1. The summed E-state index contributed by atoms with van der Waals surface area (Å²) in [6, 6.07) is 10.9. The first-order chi connectivity index (χ1) is 11.1. The molecule has 0 saturated carbocycles. The van der Waals surface area contributed by atoms with Crippen LogP contribution in [0.15, 0.2) is 36.4 Å². The third-order valence-electron chi connectivity index (χ3n) is 4.14. The molecule has 1 aliphatic rings. The molecule has 0 bridgehead atoms. The van der Waals surface area contributed by atoms with Gasteiger partial charge in [-0.3, -0.25) is 4.79 Å². The van der Waals surface area contributed by atoms with Gasteiger partial charge in [-0.1, -0.05) is 18.2 Å². The molecule has 23 heavy (non-hydrogen) atoms. The third-order valence-corrected chi connectivity index (χ3v) is 4.14. The molecule has 0 saturated heterocycles. The standard InChI is InChI=1S/C18H18N2O3/c1-12-14(18(22)23)9-10-15(19-12)17(21)20-11-5-4-7-13-6-2-3-8-16(13)20/h2-3,6,8-10H,4-5,7,11H2,1H3,(H,22,23). The number of aromatic carboxylic acids is 1. The highest BCUT2D eigenvalue weighted by molar-refractivity contribution is 6.05. The van der Waals surface area contributed by atoms with E-state index in [1.54, 1.807) is 11.8 Å². The van der Waals surface area contributed by atoms with Crippen LogP contribution in [0.2, 0.25) is 0 Å². The average molecular weight is 310 g/mol. The summed E-state index contributed by atoms with van der Waals surface area (Å²) in [6.07, 6.45) is 2.95. The van der Waals surface area contributed by atoms with Crippen molar-refractivity contribution in [3.8, 4) is 0 Å². The van der Waals surface area contributed by atoms with Crippen LogP contribution in [0.4, 0.5) is 5.69 Å². The number of benzene rings is 1. The van der Waals surface area contributed by atoms with Gasteiger partial charge in [0.2, 0.25) is 0 Å². The molecular formula is C18H18N2O3. The van der Waals surface area contributed by atoms with Crippen molar-refractivity contribution in [1.82, 2.24) is 4.98 Å². The van der Waals surface area contributed by atoms with Gasteiger partial charge >= 0.3 is 5.97 Å². The van der Waals surface area contributed by atoms with Gasteiger partial charge in [0.15, 0.2) is 0 Å². The van der Waals surface area contributed by atoms with E-state index in [4.69, 9.17) is 5.11 Å². The summed E-state index contributed by atoms with van der Waals surface area (Å²) >= 11 is 0. The summed E-state index contributed by atoms with van der Waals surface area (Å²) in [7, 11) is 0. The van der Waals surface area contributed by atoms with Crippen LogP contribution in [0.1, 0.15) is 44.9 Å². The van der Waals surface area contributed by atoms with Gasteiger partial charge in [0.1, 0.15) is 5.69 Å². The quantitative estimate of drug-likeness (QED) is 0.925. The normalized spacial score (nSPS) is 14.0. The molecule has 1 aromatic carbocycles. The van der Waals surface area contributed by atoms with Crippen molar-refractivity contribution in [3.63, 3.8) is 0 Å². The number of hydrogen-bond donors (Lipinski definition) is 1. The van der Waals surface area contributed by atoms with Crippen LogP contribution in [-0.2, 0) is 6.42 Å². The molecule has 0 fully saturated rings. The van der Waals surface area contributed by atoms with E-state index in [0.717, 1.165) is 30.5 Å². The topological polar surface area (TPSA) is 70.5 Å². The molecule has 118 valence electrons. The van der Waals surface area contributed by atoms with Gasteiger partial charge in [-0.25, -0.2) is 9.78 Å². The Bertz CT molecular complexity index is 771. The predicted molar refractivity (Wildman–Crippen MR) is 87.0 cm³/mol. The second-order valence-electron chi connectivity index (χ2n) is 5.68. The largest absolute Gasteiger partial charge is 0.478 e. The summed E-state index contributed by atoms with van der Waals surface area (Å²) in [5.74, 6) is -1.21. The van der Waals surface area contributed by atoms with Crippen molar-refractivity contribution in [1.29, 1.82) is 0 Å². The van der Waals surface area contributed by atoms with E-state index in [0.29, 0.717) is 12.2 Å². The summed E-state index contributed by atoms with van der Waals surface area (Å²) < 4.78 is 0. The van der Waals surface area contributed by atoms with Gasteiger partial charge < -0.3 is 10.0 Å². The number of amides is 1. The number of carboxylic acids is 1. The minimum Gasteiger partial charge on any atom is -0.478 e. The Morgan fingerprint density at radius 1 is 1.13 bits per heavy atom. The lowest BCUT2D eigenvalue weighted by atomic mass is 10.1. The lowest BCUT2D eigenvalue weighted by Gasteiger charge is -2.22. The smallest absolute Gasteiger partial charge is 0.337 e. The SMILES string of the molecule is Cc1nc(C(=O)N2CCCCc3ccccc32)ccc1C(=O)O. The number of pyridine rings is 1. The van der Waals surface area contributed by atoms with Crippen molar-refractivity contribution < 1.29 is 14.7 Å². The Hall–Kier alpha value is -2.69. The molecule has 0 atom stereocenters. The molecule has 2 heterocycles. The highest BCUT2D eigenvalue weighted by Crippen LogP contribution is 2.27. The number of nitrogens with zero attached hydrogens (tertiary/aromatic N) is 2. The number of para-hydroxylation sites is 1. The van der Waals surface area contributed by atoms with Crippen molar-refractivity contribution in [2.45, 2.75) is 26.2 Å². The minimum absolute atomic E-state index is 0.123. The maximum absolute atomic E-state index is 12.9. The second-order valence-corrected chi connectivity index (χ2v) is 5.68. The van der Waals surface area contributed by atoms with Crippen LogP contribution in [0.3, 0.4) is 0 Å². The zero-order chi connectivity index (χ0) is 16.4. The van der Waals surface area contributed by atoms with E-state index < -0.39 is 5.97 Å². The molecule has 0 radical (unpaired) electrons. The predicted octanol–water partition coefficient (Wildman–Crippen LogP) is 3.07. The first-order valence-corrected chi connectivity index (χ1v) is 7.68. The van der Waals surface area contributed by atoms with Crippen LogP contribution < -0.4 is 4.90 Å². The maximum atomic E-state index is 12.9. The second kappa shape index (κ2) is 6.20. The van der Waals surface area contributed by atoms with E-state index in [-0.39, 0.29) is 17.2 Å². The van der Waals surface area contributed by atoms with E-state index in [1.165, 1.54) is 12.1 Å². The van der Waals surface area contributed by atoms with Crippen LogP contribution in [0.5, 0.6) is 0 Å². The van der Waals surface area contributed by atoms with Crippen molar-refractivity contribution >= 4 is 17.6 Å². The van der Waals surface area contributed by atoms with Gasteiger partial charge in [-0.2, -0.15) is 0 Å². The van der Waals surface area contributed by atoms with Crippen molar-refractivity contribution in [2.24, 2.45) is 0 Å². The number of carboxylic acid groups (broad SMARTS) is 1. The van der Waals surface area contributed by atoms with Crippen LogP contribution in [0.25, 0.3) is 0 Å². The molecule has 2 aromatic rings. The average Bonchev–Trinajstić information content (AvgIpc) is 2.76. The van der Waals surface area contributed by atoms with Crippen molar-refractivity contribution in [3.05, 3.63) is 58.9 Å². The highest BCUT2D eigenvalue weighted by Gasteiger charge is 2.23. The van der Waals surface area contributed by atoms with Crippen LogP contribution >= 0.6 is 0 Å². The van der Waals surface area contributed by atoms with E-state index in [2.05, 4.69) is 4.98 Å². The molecule has 5 heteroatoms. The van der Waals surface area contributed by atoms with Gasteiger partial charge in [0, 0.05) is 12.2 Å². The van der Waals surface area contributed by atoms with Crippen LogP contribution in [-0.4, -0.2) is 28.5 Å². The highest BCUT2D eigenvalue weighted by atomic mass is 16.4. The Morgan fingerprint density at radius 3 is 2.65 bits per heavy atom. The number of fused-ring (bicyclic) bond motifs is 1.